The van der Waals surface area contributed by atoms with Crippen LogP contribution in [0.3, 0.4) is 0 Å². The van der Waals surface area contributed by atoms with Crippen molar-refractivity contribution in [2.75, 3.05) is 45.7 Å². The predicted octanol–water partition coefficient (Wildman–Crippen LogP) is 5.65. The number of para-hydroxylation sites is 1. The third kappa shape index (κ3) is 4.88. The molecule has 0 saturated carbocycles. The van der Waals surface area contributed by atoms with Crippen LogP contribution >= 0.6 is 0 Å². The second-order valence-corrected chi connectivity index (χ2v) is 8.78. The van der Waals surface area contributed by atoms with E-state index in [9.17, 15) is 4.79 Å². The molecule has 6 heteroatoms. The highest BCUT2D eigenvalue weighted by atomic mass is 16.5. The largest absolute Gasteiger partial charge is 0.496 e. The van der Waals surface area contributed by atoms with Gasteiger partial charge in [-0.3, -0.25) is 4.79 Å². The van der Waals surface area contributed by atoms with Gasteiger partial charge in [-0.2, -0.15) is 0 Å². The van der Waals surface area contributed by atoms with E-state index >= 15 is 0 Å². The van der Waals surface area contributed by atoms with Crippen molar-refractivity contribution in [1.29, 1.82) is 0 Å². The van der Waals surface area contributed by atoms with Crippen molar-refractivity contribution in [3.8, 4) is 33.9 Å². The Balaban J connectivity index is 1.41. The van der Waals surface area contributed by atoms with Crippen LogP contribution in [0.2, 0.25) is 0 Å². The molecule has 0 aliphatic carbocycles. The molecule has 0 amide bonds. The minimum absolute atomic E-state index is 0.155. The maximum absolute atomic E-state index is 12.9. The summed E-state index contributed by atoms with van der Waals surface area (Å²) >= 11 is 0. The highest BCUT2D eigenvalue weighted by Gasteiger charge is 2.15. The Hall–Kier alpha value is -3.77. The molecule has 0 atom stereocenters. The summed E-state index contributed by atoms with van der Waals surface area (Å²) in [5, 5.41) is 4.01. The summed E-state index contributed by atoms with van der Waals surface area (Å²) in [6, 6.07) is 21.4. The number of fused-ring (bicyclic) bond motifs is 1. The Morgan fingerprint density at radius 3 is 2.40 bits per heavy atom. The molecule has 0 radical (unpaired) electrons. The third-order valence-corrected chi connectivity index (χ3v) is 6.57. The quantitative estimate of drug-likeness (QED) is 0.359. The van der Waals surface area contributed by atoms with Crippen molar-refractivity contribution >= 4 is 16.7 Å². The van der Waals surface area contributed by atoms with E-state index in [4.69, 9.17) is 13.9 Å². The zero-order valence-electron chi connectivity index (χ0n) is 20.2. The second kappa shape index (κ2) is 10.2. The van der Waals surface area contributed by atoms with Crippen LogP contribution in [-0.4, -0.2) is 45.3 Å². The van der Waals surface area contributed by atoms with Crippen molar-refractivity contribution in [3.05, 3.63) is 77.0 Å². The topological polar surface area (TPSA) is 63.9 Å². The number of hydrogen-bond donors (Lipinski definition) is 1. The summed E-state index contributed by atoms with van der Waals surface area (Å²) in [6.45, 7) is 4.39. The fraction of sp³-hybridized carbons (Fsp3) is 0.276. The van der Waals surface area contributed by atoms with E-state index in [-0.39, 0.29) is 5.43 Å². The number of anilines is 1. The van der Waals surface area contributed by atoms with Crippen molar-refractivity contribution in [1.82, 2.24) is 4.90 Å². The molecule has 0 spiro atoms. The van der Waals surface area contributed by atoms with Crippen molar-refractivity contribution in [2.24, 2.45) is 0 Å². The van der Waals surface area contributed by atoms with E-state index in [0.29, 0.717) is 28.2 Å². The first kappa shape index (κ1) is 23.0. The van der Waals surface area contributed by atoms with Crippen LogP contribution in [0.25, 0.3) is 33.4 Å². The van der Waals surface area contributed by atoms with Gasteiger partial charge in [-0.05, 0) is 37.6 Å². The summed E-state index contributed by atoms with van der Waals surface area (Å²) < 4.78 is 16.8. The number of hydrogen-bond acceptors (Lipinski definition) is 6. The Bertz CT molecular complexity index is 1370. The molecule has 1 N–H and O–H groups in total. The number of ether oxygens (including phenoxy) is 2. The molecule has 3 aromatic carbocycles. The lowest BCUT2D eigenvalue weighted by Gasteiger charge is -2.17. The van der Waals surface area contributed by atoms with Crippen LogP contribution in [-0.2, 0) is 0 Å². The number of nitrogens with one attached hydrogen (secondary N) is 1. The first-order chi connectivity index (χ1) is 17.2. The molecule has 0 bridgehead atoms. The molecule has 0 unspecified atom stereocenters. The molecular formula is C29H30N2O4. The summed E-state index contributed by atoms with van der Waals surface area (Å²) in [7, 11) is 3.10. The van der Waals surface area contributed by atoms with E-state index in [2.05, 4.69) is 46.6 Å². The smallest absolute Gasteiger partial charge is 0.197 e. The van der Waals surface area contributed by atoms with Crippen molar-refractivity contribution in [3.63, 3.8) is 0 Å². The van der Waals surface area contributed by atoms with Gasteiger partial charge < -0.3 is 24.1 Å². The van der Waals surface area contributed by atoms with Crippen LogP contribution in [0.15, 0.2) is 75.9 Å². The molecule has 180 valence electrons. The molecule has 1 aliphatic heterocycles. The van der Waals surface area contributed by atoms with Crippen LogP contribution in [0.1, 0.15) is 12.8 Å². The summed E-state index contributed by atoms with van der Waals surface area (Å²) in [5.74, 6) is 1.50. The van der Waals surface area contributed by atoms with Gasteiger partial charge in [0.15, 0.2) is 5.43 Å². The molecule has 1 fully saturated rings. The fourth-order valence-electron chi connectivity index (χ4n) is 4.71. The molecule has 35 heavy (non-hydrogen) atoms. The lowest BCUT2D eigenvalue weighted by molar-refractivity contribution is 0.353. The monoisotopic (exact) mass is 470 g/mol. The fourth-order valence-corrected chi connectivity index (χ4v) is 4.71. The van der Waals surface area contributed by atoms with Gasteiger partial charge in [0.25, 0.3) is 0 Å². The van der Waals surface area contributed by atoms with E-state index in [1.807, 2.05) is 12.1 Å². The van der Waals surface area contributed by atoms with E-state index in [1.54, 1.807) is 19.2 Å². The van der Waals surface area contributed by atoms with Crippen LogP contribution < -0.4 is 20.2 Å². The Morgan fingerprint density at radius 2 is 1.66 bits per heavy atom. The van der Waals surface area contributed by atoms with Gasteiger partial charge in [-0.15, -0.1) is 0 Å². The molecular weight excluding hydrogens is 440 g/mol. The Morgan fingerprint density at radius 1 is 0.914 bits per heavy atom. The lowest BCUT2D eigenvalue weighted by atomic mass is 10.0. The SMILES string of the molecule is COc1cc(OC)c2c(=O)cc(-c3ccc(-c4ccccc4NCCN4CCCC4)cc3)oc2c1. The number of methoxy groups -OCH3 is 2. The molecule has 1 aromatic heterocycles. The van der Waals surface area contributed by atoms with Crippen LogP contribution in [0.5, 0.6) is 11.5 Å². The molecule has 5 rings (SSSR count). The number of benzene rings is 3. The number of nitrogens with zero attached hydrogens (tertiary/aromatic N) is 1. The normalized spacial score (nSPS) is 13.8. The summed E-state index contributed by atoms with van der Waals surface area (Å²) in [5.41, 5.74) is 4.47. The van der Waals surface area contributed by atoms with Crippen molar-refractivity contribution < 1.29 is 13.9 Å². The number of rotatable bonds is 8. The van der Waals surface area contributed by atoms with Crippen molar-refractivity contribution in [2.45, 2.75) is 12.8 Å². The summed E-state index contributed by atoms with van der Waals surface area (Å²) in [6.07, 6.45) is 2.61. The molecule has 4 aromatic rings. The lowest BCUT2D eigenvalue weighted by Crippen LogP contribution is -2.26. The Labute approximate surface area is 205 Å². The Kier molecular flexibility index (Phi) is 6.73. The van der Waals surface area contributed by atoms with Gasteiger partial charge in [0.2, 0.25) is 0 Å². The van der Waals surface area contributed by atoms with Gasteiger partial charge in [-0.25, -0.2) is 0 Å². The van der Waals surface area contributed by atoms with Crippen LogP contribution in [0, 0.1) is 0 Å². The van der Waals surface area contributed by atoms with Crippen LogP contribution in [0.4, 0.5) is 5.69 Å². The summed E-state index contributed by atoms with van der Waals surface area (Å²) in [4.78, 5) is 15.4. The highest BCUT2D eigenvalue weighted by molar-refractivity contribution is 5.86. The third-order valence-electron chi connectivity index (χ3n) is 6.57. The highest BCUT2D eigenvalue weighted by Crippen LogP contribution is 2.33. The van der Waals surface area contributed by atoms with Gasteiger partial charge in [0, 0.05) is 48.1 Å². The van der Waals surface area contributed by atoms with Gasteiger partial charge in [0.05, 0.1) is 14.2 Å². The number of likely N-dealkylation sites (tertiary alicyclic amines) is 1. The standard InChI is InChI=1S/C29H30N2O4/c1-33-22-17-27(34-2)29-25(32)19-26(35-28(29)18-22)21-11-9-20(10-12-21)23-7-3-4-8-24(23)30-13-16-31-14-5-6-15-31/h3-4,7-12,17-19,30H,5-6,13-16H2,1-2H3. The zero-order chi connectivity index (χ0) is 24.2. The maximum Gasteiger partial charge on any atom is 0.197 e. The minimum Gasteiger partial charge on any atom is -0.496 e. The minimum atomic E-state index is -0.155. The maximum atomic E-state index is 12.9. The molecule has 1 aliphatic rings. The first-order valence-electron chi connectivity index (χ1n) is 12.0. The second-order valence-electron chi connectivity index (χ2n) is 8.78. The van der Waals surface area contributed by atoms with Gasteiger partial charge >= 0.3 is 0 Å². The molecule has 1 saturated heterocycles. The zero-order valence-corrected chi connectivity index (χ0v) is 20.2. The first-order valence-corrected chi connectivity index (χ1v) is 12.0. The van der Waals surface area contributed by atoms with Gasteiger partial charge in [-0.1, -0.05) is 42.5 Å². The molecule has 2 heterocycles. The molecule has 6 nitrogen and oxygen atoms in total. The average Bonchev–Trinajstić information content (AvgIpc) is 3.42. The van der Waals surface area contributed by atoms with E-state index < -0.39 is 0 Å². The van der Waals surface area contributed by atoms with Gasteiger partial charge in [0.1, 0.15) is 28.2 Å². The average molecular weight is 471 g/mol. The van der Waals surface area contributed by atoms with E-state index in [1.165, 1.54) is 39.1 Å². The predicted molar refractivity (Wildman–Crippen MR) is 141 cm³/mol. The van der Waals surface area contributed by atoms with E-state index in [0.717, 1.165) is 35.5 Å².